The number of nitrogens with zero attached hydrogens (tertiary/aromatic N) is 1. The topological polar surface area (TPSA) is 58.5 Å². The lowest BCUT2D eigenvalue weighted by Gasteiger charge is -2.26. The minimum atomic E-state index is -3.12. The van der Waals surface area contributed by atoms with Gasteiger partial charge < -0.3 is 5.32 Å². The number of nitrogens with one attached hydrogen (secondary N) is 1. The van der Waals surface area contributed by atoms with Gasteiger partial charge in [0.1, 0.15) is 0 Å². The zero-order valence-corrected chi connectivity index (χ0v) is 13.6. The Hall–Kier alpha value is -1.01. The molecular weight excluding hydrogens is 292 g/mol. The largest absolute Gasteiger partial charge is 0.362 e. The molecule has 0 saturated carbocycles. The van der Waals surface area contributed by atoms with Gasteiger partial charge in [0.15, 0.2) is 15.0 Å². The van der Waals surface area contributed by atoms with Crippen molar-refractivity contribution in [2.24, 2.45) is 4.99 Å². The molecule has 1 fully saturated rings. The Morgan fingerprint density at radius 2 is 1.95 bits per heavy atom. The Kier molecular flexibility index (Phi) is 4.75. The monoisotopic (exact) mass is 312 g/mol. The Balaban J connectivity index is 2.04. The molecule has 0 spiro atoms. The van der Waals surface area contributed by atoms with Crippen molar-refractivity contribution in [3.63, 3.8) is 0 Å². The molecule has 6 heteroatoms. The van der Waals surface area contributed by atoms with Crippen LogP contribution >= 0.6 is 11.8 Å². The highest BCUT2D eigenvalue weighted by Gasteiger charge is 2.19. The summed E-state index contributed by atoms with van der Waals surface area (Å²) in [7, 11) is -3.12. The number of hydrogen-bond donors (Lipinski definition) is 1. The van der Waals surface area contributed by atoms with Gasteiger partial charge in [-0.15, -0.1) is 0 Å². The fourth-order valence-electron chi connectivity index (χ4n) is 2.13. The summed E-state index contributed by atoms with van der Waals surface area (Å²) < 4.78 is 22.8. The summed E-state index contributed by atoms with van der Waals surface area (Å²) in [6, 6.07) is 7.37. The summed E-state index contributed by atoms with van der Waals surface area (Å²) >= 11 is 1.76. The van der Waals surface area contributed by atoms with Crippen molar-refractivity contribution in [2.45, 2.75) is 43.0 Å². The highest BCUT2D eigenvalue weighted by Crippen LogP contribution is 2.22. The molecule has 1 aromatic rings. The van der Waals surface area contributed by atoms with Crippen LogP contribution in [0.4, 0.5) is 0 Å². The molecule has 0 aromatic heterocycles. The van der Waals surface area contributed by atoms with E-state index in [1.54, 1.807) is 23.9 Å². The van der Waals surface area contributed by atoms with Crippen LogP contribution in [0, 0.1) is 0 Å². The Morgan fingerprint density at radius 3 is 2.50 bits per heavy atom. The quantitative estimate of drug-likeness (QED) is 0.931. The standard InChI is InChI=1S/C14H20N2O2S2/c1-10-8-11(2)19-14(16-10)15-9-12-4-6-13(7-5-12)20(3,17)18/h4-7,10-11H,8-9H2,1-3H3,(H,15,16). The minimum absolute atomic E-state index is 0.348. The fraction of sp³-hybridized carbons (Fsp3) is 0.500. The number of hydrogen-bond acceptors (Lipinski definition) is 4. The van der Waals surface area contributed by atoms with Crippen molar-refractivity contribution < 1.29 is 8.42 Å². The summed E-state index contributed by atoms with van der Waals surface area (Å²) in [5.41, 5.74) is 1.01. The third-order valence-corrected chi connectivity index (χ3v) is 5.32. The van der Waals surface area contributed by atoms with Crippen LogP contribution in [-0.2, 0) is 16.4 Å². The van der Waals surface area contributed by atoms with Gasteiger partial charge in [0.2, 0.25) is 0 Å². The van der Waals surface area contributed by atoms with Crippen molar-refractivity contribution in [3.05, 3.63) is 29.8 Å². The van der Waals surface area contributed by atoms with Gasteiger partial charge >= 0.3 is 0 Å². The molecule has 2 unspecified atom stereocenters. The predicted molar refractivity (Wildman–Crippen MR) is 85.0 cm³/mol. The Bertz CT molecular complexity index is 582. The molecule has 1 aromatic carbocycles. The molecule has 0 radical (unpaired) electrons. The normalized spacial score (nSPS) is 25.4. The summed E-state index contributed by atoms with van der Waals surface area (Å²) in [4.78, 5) is 4.91. The minimum Gasteiger partial charge on any atom is -0.362 e. The van der Waals surface area contributed by atoms with E-state index < -0.39 is 9.84 Å². The van der Waals surface area contributed by atoms with Crippen molar-refractivity contribution in [1.82, 2.24) is 5.32 Å². The zero-order valence-electron chi connectivity index (χ0n) is 12.0. The van der Waals surface area contributed by atoms with Crippen LogP contribution in [0.25, 0.3) is 0 Å². The van der Waals surface area contributed by atoms with Crippen LogP contribution < -0.4 is 5.32 Å². The first-order chi connectivity index (χ1) is 9.34. The van der Waals surface area contributed by atoms with Crippen LogP contribution in [0.5, 0.6) is 0 Å². The summed E-state index contributed by atoms with van der Waals surface area (Å²) in [6.45, 7) is 4.93. The van der Waals surface area contributed by atoms with Gasteiger partial charge in [-0.05, 0) is 31.0 Å². The molecule has 0 bridgehead atoms. The fourth-order valence-corrected chi connectivity index (χ4v) is 3.93. The third-order valence-electron chi connectivity index (χ3n) is 3.12. The van der Waals surface area contributed by atoms with E-state index in [9.17, 15) is 8.42 Å². The first-order valence-electron chi connectivity index (χ1n) is 6.61. The number of aliphatic imine (C=N–C) groups is 1. The van der Waals surface area contributed by atoms with Gasteiger partial charge in [0.25, 0.3) is 0 Å². The van der Waals surface area contributed by atoms with E-state index in [-0.39, 0.29) is 0 Å². The average Bonchev–Trinajstić information content (AvgIpc) is 2.35. The molecule has 1 aliphatic heterocycles. The Morgan fingerprint density at radius 1 is 1.30 bits per heavy atom. The van der Waals surface area contributed by atoms with Gasteiger partial charge in [-0.1, -0.05) is 30.8 Å². The maximum Gasteiger partial charge on any atom is 0.175 e. The van der Waals surface area contributed by atoms with Crippen LogP contribution in [0.3, 0.4) is 0 Å². The smallest absolute Gasteiger partial charge is 0.175 e. The van der Waals surface area contributed by atoms with Crippen LogP contribution in [-0.4, -0.2) is 31.1 Å². The van der Waals surface area contributed by atoms with Gasteiger partial charge in [0, 0.05) is 17.5 Å². The first-order valence-corrected chi connectivity index (χ1v) is 9.38. The average molecular weight is 312 g/mol. The van der Waals surface area contributed by atoms with Gasteiger partial charge in [0.05, 0.1) is 11.4 Å². The van der Waals surface area contributed by atoms with Crippen molar-refractivity contribution in [3.8, 4) is 0 Å². The molecule has 2 atom stereocenters. The highest BCUT2D eigenvalue weighted by atomic mass is 32.2. The summed E-state index contributed by atoms with van der Waals surface area (Å²) in [5.74, 6) is 0. The van der Waals surface area contributed by atoms with E-state index in [1.165, 1.54) is 6.26 Å². The van der Waals surface area contributed by atoms with E-state index >= 15 is 0 Å². The number of amidine groups is 1. The number of rotatable bonds is 3. The molecule has 0 amide bonds. The van der Waals surface area contributed by atoms with Crippen LogP contribution in [0.15, 0.2) is 34.2 Å². The first kappa shape index (κ1) is 15.4. The van der Waals surface area contributed by atoms with Crippen molar-refractivity contribution in [1.29, 1.82) is 0 Å². The number of sulfone groups is 1. The van der Waals surface area contributed by atoms with Crippen molar-refractivity contribution >= 4 is 26.8 Å². The summed E-state index contributed by atoms with van der Waals surface area (Å²) in [6.07, 6.45) is 2.36. The second-order valence-corrected chi connectivity index (χ2v) is 8.69. The van der Waals surface area contributed by atoms with E-state index in [0.29, 0.717) is 22.7 Å². The van der Waals surface area contributed by atoms with Gasteiger partial charge in [-0.25, -0.2) is 8.42 Å². The second kappa shape index (κ2) is 6.18. The molecule has 2 rings (SSSR count). The second-order valence-electron chi connectivity index (χ2n) is 5.25. The van der Waals surface area contributed by atoms with Crippen LogP contribution in [0.1, 0.15) is 25.8 Å². The van der Waals surface area contributed by atoms with E-state index in [4.69, 9.17) is 0 Å². The van der Waals surface area contributed by atoms with Crippen LogP contribution in [0.2, 0.25) is 0 Å². The Labute approximate surface area is 125 Å². The molecule has 4 nitrogen and oxygen atoms in total. The molecule has 20 heavy (non-hydrogen) atoms. The lowest BCUT2D eigenvalue weighted by molar-refractivity contribution is 0.597. The zero-order chi connectivity index (χ0) is 14.8. The molecule has 1 aliphatic rings. The lowest BCUT2D eigenvalue weighted by Crippen LogP contribution is -2.38. The number of thioether (sulfide) groups is 1. The molecule has 110 valence electrons. The van der Waals surface area contributed by atoms with Gasteiger partial charge in [-0.3, -0.25) is 4.99 Å². The highest BCUT2D eigenvalue weighted by molar-refractivity contribution is 8.14. The third kappa shape index (κ3) is 4.24. The van der Waals surface area contributed by atoms with Gasteiger partial charge in [-0.2, -0.15) is 0 Å². The predicted octanol–water partition coefficient (Wildman–Crippen LogP) is 2.45. The SMILES string of the molecule is CC1CC(C)SC(=NCc2ccc(S(C)(=O)=O)cc2)N1. The molecule has 1 heterocycles. The van der Waals surface area contributed by atoms with E-state index in [1.807, 2.05) is 12.1 Å². The molecule has 0 aliphatic carbocycles. The number of benzene rings is 1. The lowest BCUT2D eigenvalue weighted by atomic mass is 10.2. The van der Waals surface area contributed by atoms with E-state index in [0.717, 1.165) is 17.2 Å². The molecular formula is C14H20N2O2S2. The van der Waals surface area contributed by atoms with Crippen molar-refractivity contribution in [2.75, 3.05) is 6.26 Å². The maximum absolute atomic E-state index is 11.4. The van der Waals surface area contributed by atoms with E-state index in [2.05, 4.69) is 24.2 Å². The molecule has 1 saturated heterocycles. The molecule has 1 N–H and O–H groups in total. The summed E-state index contributed by atoms with van der Waals surface area (Å²) in [5, 5.41) is 4.93. The maximum atomic E-state index is 11.4.